The zero-order chi connectivity index (χ0) is 13.1. The van der Waals surface area contributed by atoms with E-state index in [2.05, 4.69) is 20.8 Å². The molecule has 1 aromatic heterocycles. The van der Waals surface area contributed by atoms with Gasteiger partial charge < -0.3 is 14.6 Å². The lowest BCUT2D eigenvalue weighted by atomic mass is 9.77. The van der Waals surface area contributed by atoms with Gasteiger partial charge in [0, 0.05) is 11.5 Å². The summed E-state index contributed by atoms with van der Waals surface area (Å²) in [5.74, 6) is 0.0686. The van der Waals surface area contributed by atoms with Crippen LogP contribution >= 0.6 is 0 Å². The first-order valence-corrected chi connectivity index (χ1v) is 6.79. The normalized spacial score (nSPS) is 42.2. The predicted molar refractivity (Wildman–Crippen MR) is 68.0 cm³/mol. The van der Waals surface area contributed by atoms with Crippen molar-refractivity contribution < 1.29 is 14.6 Å². The minimum atomic E-state index is -0.755. The van der Waals surface area contributed by atoms with E-state index in [9.17, 15) is 10.2 Å². The topological polar surface area (TPSA) is 53.6 Å². The molecule has 18 heavy (non-hydrogen) atoms. The van der Waals surface area contributed by atoms with Crippen LogP contribution in [-0.4, -0.2) is 15.8 Å². The summed E-state index contributed by atoms with van der Waals surface area (Å²) in [5.41, 5.74) is 1.27. The maximum absolute atomic E-state index is 11.1. The van der Waals surface area contributed by atoms with Crippen LogP contribution in [0.25, 0.3) is 0 Å². The third kappa shape index (κ3) is 1.57. The molecule has 1 fully saturated rings. The van der Waals surface area contributed by atoms with E-state index in [1.54, 1.807) is 12.5 Å². The molecule has 100 valence electrons. The van der Waals surface area contributed by atoms with Gasteiger partial charge in [-0.2, -0.15) is 0 Å². The number of rotatable bonds is 0. The van der Waals surface area contributed by atoms with Crippen LogP contribution in [0, 0.1) is 17.3 Å². The largest absolute Gasteiger partial charge is 0.472 e. The van der Waals surface area contributed by atoms with Gasteiger partial charge in [-0.15, -0.1) is 0 Å². The second-order valence-corrected chi connectivity index (χ2v) is 7.05. The van der Waals surface area contributed by atoms with Gasteiger partial charge in [0.1, 0.15) is 0 Å². The first-order valence-electron chi connectivity index (χ1n) is 6.79. The highest BCUT2D eigenvalue weighted by atomic mass is 16.3. The average molecular weight is 250 g/mol. The Labute approximate surface area is 108 Å². The van der Waals surface area contributed by atoms with E-state index >= 15 is 0 Å². The van der Waals surface area contributed by atoms with Crippen molar-refractivity contribution in [2.24, 2.45) is 17.3 Å². The van der Waals surface area contributed by atoms with Crippen LogP contribution in [0.2, 0.25) is 0 Å². The number of aliphatic hydroxyl groups is 2. The van der Waals surface area contributed by atoms with E-state index in [1.807, 2.05) is 0 Å². The maximum atomic E-state index is 11.1. The Hall–Kier alpha value is -0.800. The molecule has 3 rings (SSSR count). The molecule has 0 aromatic carbocycles. The molecule has 1 heterocycles. The summed E-state index contributed by atoms with van der Waals surface area (Å²) < 4.78 is 5.23. The van der Waals surface area contributed by atoms with Crippen molar-refractivity contribution in [2.45, 2.75) is 51.7 Å². The van der Waals surface area contributed by atoms with Crippen LogP contribution in [-0.2, 0) is 6.42 Å². The van der Waals surface area contributed by atoms with Gasteiger partial charge in [-0.3, -0.25) is 0 Å². The van der Waals surface area contributed by atoms with Gasteiger partial charge >= 0.3 is 0 Å². The van der Waals surface area contributed by atoms with Gasteiger partial charge in [-0.25, -0.2) is 0 Å². The number of fused-ring (bicyclic) bond motifs is 2. The van der Waals surface area contributed by atoms with E-state index < -0.39 is 11.7 Å². The number of hydrogen-bond donors (Lipinski definition) is 2. The molecule has 4 atom stereocenters. The summed E-state index contributed by atoms with van der Waals surface area (Å²) in [6, 6.07) is 0. The minimum absolute atomic E-state index is 0.0821. The molecular weight excluding hydrogens is 228 g/mol. The first kappa shape index (κ1) is 12.2. The molecule has 0 radical (unpaired) electrons. The van der Waals surface area contributed by atoms with Crippen molar-refractivity contribution >= 4 is 0 Å². The summed E-state index contributed by atoms with van der Waals surface area (Å²) in [6.45, 7) is 6.44. The average Bonchev–Trinajstić information content (AvgIpc) is 2.78. The number of furan rings is 1. The molecule has 2 N–H and O–H groups in total. The van der Waals surface area contributed by atoms with Crippen LogP contribution in [0.1, 0.15) is 50.8 Å². The summed E-state index contributed by atoms with van der Waals surface area (Å²) >= 11 is 0. The molecule has 0 amide bonds. The van der Waals surface area contributed by atoms with E-state index in [0.717, 1.165) is 30.4 Å². The second kappa shape index (κ2) is 3.61. The van der Waals surface area contributed by atoms with Crippen LogP contribution in [0.5, 0.6) is 0 Å². The molecule has 2 aliphatic rings. The van der Waals surface area contributed by atoms with Crippen molar-refractivity contribution in [1.82, 2.24) is 0 Å². The van der Waals surface area contributed by atoms with Crippen LogP contribution in [0.4, 0.5) is 0 Å². The molecule has 0 bridgehead atoms. The standard InChI is InChI=1S/C15H22O3/c1-9-4-10-6-18-7-11(10)13(16)12-5-14(2,3)8-15(9,12)17/h6-7,9,12-13,16-17H,4-5,8H2,1-3H3. The van der Waals surface area contributed by atoms with Gasteiger partial charge in [0.2, 0.25) is 0 Å². The van der Waals surface area contributed by atoms with Gasteiger partial charge in [-0.1, -0.05) is 20.8 Å². The van der Waals surface area contributed by atoms with E-state index in [0.29, 0.717) is 0 Å². The minimum Gasteiger partial charge on any atom is -0.472 e. The van der Waals surface area contributed by atoms with Crippen molar-refractivity contribution in [3.05, 3.63) is 23.7 Å². The molecule has 1 saturated carbocycles. The highest BCUT2D eigenvalue weighted by Crippen LogP contribution is 2.57. The monoisotopic (exact) mass is 250 g/mol. The highest BCUT2D eigenvalue weighted by Gasteiger charge is 2.56. The summed E-state index contributed by atoms with van der Waals surface area (Å²) in [5, 5.41) is 21.7. The molecular formula is C15H22O3. The highest BCUT2D eigenvalue weighted by molar-refractivity contribution is 5.29. The van der Waals surface area contributed by atoms with Gasteiger partial charge in [-0.05, 0) is 36.2 Å². The molecule has 3 nitrogen and oxygen atoms in total. The summed E-state index contributed by atoms with van der Waals surface area (Å²) in [4.78, 5) is 0. The lowest BCUT2D eigenvalue weighted by molar-refractivity contribution is -0.0845. The van der Waals surface area contributed by atoms with Crippen LogP contribution in [0.15, 0.2) is 16.9 Å². The Morgan fingerprint density at radius 1 is 1.33 bits per heavy atom. The number of hydrogen-bond acceptors (Lipinski definition) is 3. The maximum Gasteiger partial charge on any atom is 0.0963 e. The number of aliphatic hydroxyl groups excluding tert-OH is 1. The second-order valence-electron chi connectivity index (χ2n) is 7.05. The van der Waals surface area contributed by atoms with Gasteiger partial charge in [0.25, 0.3) is 0 Å². The molecule has 1 aromatic rings. The van der Waals surface area contributed by atoms with Crippen LogP contribution < -0.4 is 0 Å². The van der Waals surface area contributed by atoms with Crippen molar-refractivity contribution in [3.8, 4) is 0 Å². The Morgan fingerprint density at radius 3 is 2.78 bits per heavy atom. The fourth-order valence-corrected chi connectivity index (χ4v) is 4.15. The Kier molecular flexibility index (Phi) is 2.46. The fraction of sp³-hybridized carbons (Fsp3) is 0.733. The van der Waals surface area contributed by atoms with Crippen molar-refractivity contribution in [1.29, 1.82) is 0 Å². The summed E-state index contributed by atoms with van der Waals surface area (Å²) in [6.07, 6.45) is 5.17. The van der Waals surface area contributed by atoms with Crippen molar-refractivity contribution in [2.75, 3.05) is 0 Å². The first-order chi connectivity index (χ1) is 8.33. The van der Waals surface area contributed by atoms with E-state index in [4.69, 9.17) is 4.42 Å². The van der Waals surface area contributed by atoms with Gasteiger partial charge in [0.05, 0.1) is 24.2 Å². The fourth-order valence-electron chi connectivity index (χ4n) is 4.15. The van der Waals surface area contributed by atoms with Crippen molar-refractivity contribution in [3.63, 3.8) is 0 Å². The predicted octanol–water partition coefficient (Wildman–Crippen LogP) is 2.67. The van der Waals surface area contributed by atoms with Gasteiger partial charge in [0.15, 0.2) is 0 Å². The van der Waals surface area contributed by atoms with E-state index in [1.165, 1.54) is 0 Å². The zero-order valence-corrected chi connectivity index (χ0v) is 11.3. The van der Waals surface area contributed by atoms with E-state index in [-0.39, 0.29) is 17.3 Å². The zero-order valence-electron chi connectivity index (χ0n) is 11.3. The lowest BCUT2D eigenvalue weighted by Gasteiger charge is -2.36. The third-order valence-corrected chi connectivity index (χ3v) is 5.03. The summed E-state index contributed by atoms with van der Waals surface area (Å²) in [7, 11) is 0. The SMILES string of the molecule is CC1Cc2cocc2C(O)C2CC(C)(C)CC12O. The Bertz CT molecular complexity index is 462. The smallest absolute Gasteiger partial charge is 0.0963 e. The molecule has 2 aliphatic carbocycles. The molecule has 3 heteroatoms. The third-order valence-electron chi connectivity index (χ3n) is 5.03. The Morgan fingerprint density at radius 2 is 2.06 bits per heavy atom. The quantitative estimate of drug-likeness (QED) is 0.744. The molecule has 0 aliphatic heterocycles. The molecule has 0 saturated heterocycles. The molecule has 4 unspecified atom stereocenters. The Balaban J connectivity index is 2.07. The lowest BCUT2D eigenvalue weighted by Crippen LogP contribution is -2.42. The van der Waals surface area contributed by atoms with Crippen LogP contribution in [0.3, 0.4) is 0 Å². The molecule has 0 spiro atoms.